The average Bonchev–Trinajstić information content (AvgIpc) is 1.64. The maximum absolute atomic E-state index is 10.3. The Hall–Kier alpha value is 1.75. The molecular weight excluding hydrogens is 168 g/mol. The zero-order valence-electron chi connectivity index (χ0n) is 5.29. The Kier molecular flexibility index (Phi) is 6.45. The number of rotatable bonds is 0. The van der Waals surface area contributed by atoms with Gasteiger partial charge in [-0.25, -0.2) is 0 Å². The van der Waals surface area contributed by atoms with E-state index in [2.05, 4.69) is 9.05 Å². The molecule has 0 aliphatic carbocycles. The maximum atomic E-state index is 10.3. The predicted octanol–water partition coefficient (Wildman–Crippen LogP) is -0.283. The van der Waals surface area contributed by atoms with Crippen molar-refractivity contribution in [3.8, 4) is 0 Å². The SMILES string of the molecule is NC1CCO[PH](=O)O1.[K]. The molecule has 0 aromatic heterocycles. The van der Waals surface area contributed by atoms with Gasteiger partial charge in [-0.3, -0.25) is 9.09 Å². The van der Waals surface area contributed by atoms with Gasteiger partial charge < -0.3 is 10.3 Å². The van der Waals surface area contributed by atoms with E-state index in [1.165, 1.54) is 0 Å². The van der Waals surface area contributed by atoms with Crippen molar-refractivity contribution in [3.05, 3.63) is 0 Å². The first-order chi connectivity index (χ1) is 3.79. The molecule has 2 N–H and O–H groups in total. The van der Waals surface area contributed by atoms with Crippen LogP contribution in [0.3, 0.4) is 0 Å². The summed E-state index contributed by atoms with van der Waals surface area (Å²) >= 11 is 0. The van der Waals surface area contributed by atoms with E-state index in [-0.39, 0.29) is 57.6 Å². The van der Waals surface area contributed by atoms with Crippen molar-refractivity contribution < 1.29 is 13.6 Å². The molecule has 6 heteroatoms. The molecule has 0 aromatic rings. The van der Waals surface area contributed by atoms with Gasteiger partial charge in [0, 0.05) is 57.8 Å². The van der Waals surface area contributed by atoms with Crippen LogP contribution in [0.4, 0.5) is 0 Å². The summed E-state index contributed by atoms with van der Waals surface area (Å²) in [4.78, 5) is 0. The molecule has 1 radical (unpaired) electrons. The summed E-state index contributed by atoms with van der Waals surface area (Å²) in [5.41, 5.74) is 5.25. The van der Waals surface area contributed by atoms with E-state index < -0.39 is 8.25 Å². The first-order valence-corrected chi connectivity index (χ1v) is 3.60. The molecular formula is C3H8KNO3P. The molecule has 1 fully saturated rings. The Morgan fingerprint density at radius 2 is 2.33 bits per heavy atom. The molecule has 1 saturated heterocycles. The van der Waals surface area contributed by atoms with Crippen LogP contribution < -0.4 is 5.73 Å². The fourth-order valence-corrected chi connectivity index (χ4v) is 1.19. The average molecular weight is 176 g/mol. The van der Waals surface area contributed by atoms with Crippen LogP contribution in [0.1, 0.15) is 6.42 Å². The molecule has 0 aromatic carbocycles. The Morgan fingerprint density at radius 3 is 2.67 bits per heavy atom. The molecule has 1 heterocycles. The number of hydrogen-bond donors (Lipinski definition) is 1. The van der Waals surface area contributed by atoms with Gasteiger partial charge in [-0.15, -0.1) is 0 Å². The van der Waals surface area contributed by atoms with Gasteiger partial charge in [0.2, 0.25) is 0 Å². The van der Waals surface area contributed by atoms with Gasteiger partial charge in [-0.2, -0.15) is 0 Å². The standard InChI is InChI=1S/C3H8NO3P.K/c4-3-1-2-6-8(5)7-3;/h3,8H,1-2,4H2;. The Labute approximate surface area is 96.8 Å². The van der Waals surface area contributed by atoms with Crippen molar-refractivity contribution in [1.29, 1.82) is 0 Å². The number of nitrogens with two attached hydrogens (primary N) is 1. The fraction of sp³-hybridized carbons (Fsp3) is 1.00. The maximum Gasteiger partial charge on any atom is 0.320 e. The minimum atomic E-state index is -2.22. The minimum absolute atomic E-state index is 0. The molecule has 1 rings (SSSR count). The Morgan fingerprint density at radius 1 is 1.67 bits per heavy atom. The Balaban J connectivity index is 0.000000640. The smallest absolute Gasteiger partial charge is 0.310 e. The van der Waals surface area contributed by atoms with E-state index in [9.17, 15) is 4.57 Å². The first kappa shape index (κ1) is 10.7. The second-order valence-corrected chi connectivity index (χ2v) is 2.57. The molecule has 0 saturated carbocycles. The van der Waals surface area contributed by atoms with Gasteiger partial charge in [0.05, 0.1) is 6.61 Å². The van der Waals surface area contributed by atoms with E-state index in [1.54, 1.807) is 0 Å². The zero-order chi connectivity index (χ0) is 5.98. The third-order valence-corrected chi connectivity index (χ3v) is 1.80. The summed E-state index contributed by atoms with van der Waals surface area (Å²) < 4.78 is 19.5. The molecule has 49 valence electrons. The molecule has 1 aliphatic rings. The fourth-order valence-electron chi connectivity index (χ4n) is 0.475. The second-order valence-electron chi connectivity index (χ2n) is 1.54. The summed E-state index contributed by atoms with van der Waals surface area (Å²) in [6, 6.07) is 0. The second kappa shape index (κ2) is 5.40. The van der Waals surface area contributed by atoms with Crippen molar-refractivity contribution in [2.45, 2.75) is 12.6 Å². The molecule has 2 unspecified atom stereocenters. The van der Waals surface area contributed by atoms with Crippen molar-refractivity contribution in [3.63, 3.8) is 0 Å². The summed E-state index contributed by atoms with van der Waals surface area (Å²) in [5, 5.41) is 0. The molecule has 4 nitrogen and oxygen atoms in total. The summed E-state index contributed by atoms with van der Waals surface area (Å²) in [7, 11) is -2.22. The molecule has 2 atom stereocenters. The quantitative estimate of drug-likeness (QED) is 0.407. The van der Waals surface area contributed by atoms with Crippen LogP contribution in [0.25, 0.3) is 0 Å². The van der Waals surface area contributed by atoms with E-state index in [0.29, 0.717) is 13.0 Å². The van der Waals surface area contributed by atoms with Crippen LogP contribution in [0.15, 0.2) is 0 Å². The van der Waals surface area contributed by atoms with Gasteiger partial charge in [0.25, 0.3) is 0 Å². The van der Waals surface area contributed by atoms with Crippen LogP contribution in [0.2, 0.25) is 0 Å². The van der Waals surface area contributed by atoms with Gasteiger partial charge in [-0.1, -0.05) is 0 Å². The molecule has 1 aliphatic heterocycles. The monoisotopic (exact) mass is 176 g/mol. The van der Waals surface area contributed by atoms with Gasteiger partial charge in [0.15, 0.2) is 0 Å². The van der Waals surface area contributed by atoms with Crippen LogP contribution in [0.5, 0.6) is 0 Å². The molecule has 9 heavy (non-hydrogen) atoms. The van der Waals surface area contributed by atoms with Crippen molar-refractivity contribution in [2.75, 3.05) is 6.61 Å². The Bertz CT molecular complexity index is 111. The summed E-state index contributed by atoms with van der Waals surface area (Å²) in [5.74, 6) is 0. The van der Waals surface area contributed by atoms with Crippen LogP contribution in [-0.4, -0.2) is 64.2 Å². The van der Waals surface area contributed by atoms with Crippen molar-refractivity contribution >= 4 is 59.6 Å². The third-order valence-electron chi connectivity index (χ3n) is 0.870. The van der Waals surface area contributed by atoms with Crippen LogP contribution in [-0.2, 0) is 13.6 Å². The minimum Gasteiger partial charge on any atom is -0.310 e. The van der Waals surface area contributed by atoms with E-state index in [4.69, 9.17) is 5.73 Å². The first-order valence-electron chi connectivity index (χ1n) is 2.38. The number of hydrogen-bond acceptors (Lipinski definition) is 4. The summed E-state index contributed by atoms with van der Waals surface area (Å²) in [6.07, 6.45) is 0.256. The van der Waals surface area contributed by atoms with Crippen molar-refractivity contribution in [2.24, 2.45) is 5.73 Å². The third kappa shape index (κ3) is 4.24. The van der Waals surface area contributed by atoms with E-state index >= 15 is 0 Å². The molecule has 0 bridgehead atoms. The van der Waals surface area contributed by atoms with Gasteiger partial charge >= 0.3 is 8.25 Å². The normalized spacial score (nSPS) is 35.2. The zero-order valence-corrected chi connectivity index (χ0v) is 9.42. The van der Waals surface area contributed by atoms with Crippen molar-refractivity contribution in [1.82, 2.24) is 0 Å². The van der Waals surface area contributed by atoms with Gasteiger partial charge in [0.1, 0.15) is 6.23 Å². The van der Waals surface area contributed by atoms with E-state index in [0.717, 1.165) is 0 Å². The largest absolute Gasteiger partial charge is 0.320 e. The topological polar surface area (TPSA) is 61.5 Å². The summed E-state index contributed by atoms with van der Waals surface area (Å²) in [6.45, 7) is 0.457. The van der Waals surface area contributed by atoms with E-state index in [1.807, 2.05) is 0 Å². The van der Waals surface area contributed by atoms with Crippen LogP contribution in [0, 0.1) is 0 Å². The molecule has 0 spiro atoms. The van der Waals surface area contributed by atoms with Crippen LogP contribution >= 0.6 is 8.25 Å². The predicted molar refractivity (Wildman–Crippen MR) is 34.4 cm³/mol. The van der Waals surface area contributed by atoms with Gasteiger partial charge in [-0.05, 0) is 0 Å². The molecule has 0 amide bonds.